The zero-order valence-electron chi connectivity index (χ0n) is 7.91. The Morgan fingerprint density at radius 3 is 2.93 bits per heavy atom. The molecule has 1 saturated heterocycles. The Morgan fingerprint density at radius 1 is 1.36 bits per heavy atom. The number of hydrogen-bond donors (Lipinski definition) is 0. The SMILES string of the molecule is Brc1ccccc1OC1CCCOC1. The fraction of sp³-hybridized carbons (Fsp3) is 0.455. The molecule has 0 radical (unpaired) electrons. The van der Waals surface area contributed by atoms with Gasteiger partial charge in [-0.3, -0.25) is 0 Å². The van der Waals surface area contributed by atoms with Crippen LogP contribution in [0.1, 0.15) is 12.8 Å². The molecule has 0 N–H and O–H groups in total. The van der Waals surface area contributed by atoms with Crippen LogP contribution in [0.3, 0.4) is 0 Å². The molecule has 1 atom stereocenters. The predicted octanol–water partition coefficient (Wildman–Crippen LogP) is 3.01. The van der Waals surface area contributed by atoms with Crippen molar-refractivity contribution in [3.05, 3.63) is 28.7 Å². The van der Waals surface area contributed by atoms with Crippen molar-refractivity contribution in [2.24, 2.45) is 0 Å². The van der Waals surface area contributed by atoms with Crippen molar-refractivity contribution in [1.82, 2.24) is 0 Å². The number of halogens is 1. The molecule has 0 aromatic heterocycles. The molecule has 76 valence electrons. The Morgan fingerprint density at radius 2 is 2.21 bits per heavy atom. The van der Waals surface area contributed by atoms with Crippen LogP contribution < -0.4 is 4.74 Å². The molecule has 2 rings (SSSR count). The lowest BCUT2D eigenvalue weighted by molar-refractivity contribution is 0.00711. The van der Waals surface area contributed by atoms with E-state index in [-0.39, 0.29) is 6.10 Å². The molecule has 1 aliphatic heterocycles. The summed E-state index contributed by atoms with van der Waals surface area (Å²) in [7, 11) is 0. The van der Waals surface area contributed by atoms with Crippen LogP contribution in [0.2, 0.25) is 0 Å². The number of ether oxygens (including phenoxy) is 2. The van der Waals surface area contributed by atoms with Gasteiger partial charge in [-0.15, -0.1) is 0 Å². The van der Waals surface area contributed by atoms with Crippen LogP contribution in [0.5, 0.6) is 5.75 Å². The Labute approximate surface area is 92.3 Å². The summed E-state index contributed by atoms with van der Waals surface area (Å²) < 4.78 is 12.2. The van der Waals surface area contributed by atoms with Crippen LogP contribution in [-0.2, 0) is 4.74 Å². The molecule has 1 aliphatic rings. The molecule has 1 unspecified atom stereocenters. The average molecular weight is 257 g/mol. The molecule has 0 saturated carbocycles. The molecule has 2 nitrogen and oxygen atoms in total. The number of benzene rings is 1. The van der Waals surface area contributed by atoms with E-state index in [4.69, 9.17) is 9.47 Å². The largest absolute Gasteiger partial charge is 0.487 e. The third-order valence-electron chi connectivity index (χ3n) is 2.25. The zero-order chi connectivity index (χ0) is 9.80. The van der Waals surface area contributed by atoms with Crippen molar-refractivity contribution >= 4 is 15.9 Å². The van der Waals surface area contributed by atoms with Gasteiger partial charge in [0.2, 0.25) is 0 Å². The molecular formula is C11H13BrO2. The summed E-state index contributed by atoms with van der Waals surface area (Å²) in [5, 5.41) is 0. The van der Waals surface area contributed by atoms with Crippen LogP contribution >= 0.6 is 15.9 Å². The second-order valence-corrected chi connectivity index (χ2v) is 4.24. The Hall–Kier alpha value is -0.540. The standard InChI is InChI=1S/C11H13BrO2/c12-10-5-1-2-6-11(10)14-9-4-3-7-13-8-9/h1-2,5-6,9H,3-4,7-8H2. The van der Waals surface area contributed by atoms with Gasteiger partial charge in [0.05, 0.1) is 11.1 Å². The minimum Gasteiger partial charge on any atom is -0.487 e. The number of rotatable bonds is 2. The van der Waals surface area contributed by atoms with Gasteiger partial charge in [-0.2, -0.15) is 0 Å². The quantitative estimate of drug-likeness (QED) is 0.810. The highest BCUT2D eigenvalue weighted by Crippen LogP contribution is 2.26. The lowest BCUT2D eigenvalue weighted by Crippen LogP contribution is -2.28. The van der Waals surface area contributed by atoms with Crippen molar-refractivity contribution in [2.45, 2.75) is 18.9 Å². The van der Waals surface area contributed by atoms with Crippen LogP contribution in [0.25, 0.3) is 0 Å². The zero-order valence-corrected chi connectivity index (χ0v) is 9.50. The van der Waals surface area contributed by atoms with E-state index in [0.717, 1.165) is 29.7 Å². The van der Waals surface area contributed by atoms with E-state index in [1.54, 1.807) is 0 Å². The van der Waals surface area contributed by atoms with E-state index in [1.807, 2.05) is 24.3 Å². The summed E-state index contributed by atoms with van der Waals surface area (Å²) in [5.74, 6) is 0.906. The molecule has 0 spiro atoms. The lowest BCUT2D eigenvalue weighted by Gasteiger charge is -2.23. The number of hydrogen-bond acceptors (Lipinski definition) is 2. The summed E-state index contributed by atoms with van der Waals surface area (Å²) in [5.41, 5.74) is 0. The molecule has 1 fully saturated rings. The Balaban J connectivity index is 1.99. The normalized spacial score (nSPS) is 21.9. The Bertz CT molecular complexity index is 295. The van der Waals surface area contributed by atoms with Gasteiger partial charge in [0, 0.05) is 6.61 Å². The monoisotopic (exact) mass is 256 g/mol. The third-order valence-corrected chi connectivity index (χ3v) is 2.90. The van der Waals surface area contributed by atoms with Gasteiger partial charge in [-0.25, -0.2) is 0 Å². The summed E-state index contributed by atoms with van der Waals surface area (Å²) in [4.78, 5) is 0. The van der Waals surface area contributed by atoms with Crippen molar-refractivity contribution in [3.63, 3.8) is 0 Å². The molecule has 14 heavy (non-hydrogen) atoms. The molecule has 0 amide bonds. The lowest BCUT2D eigenvalue weighted by atomic mass is 10.2. The third kappa shape index (κ3) is 2.49. The maximum absolute atomic E-state index is 5.81. The van der Waals surface area contributed by atoms with Gasteiger partial charge in [-0.1, -0.05) is 12.1 Å². The van der Waals surface area contributed by atoms with E-state index in [1.165, 1.54) is 0 Å². The summed E-state index contributed by atoms with van der Waals surface area (Å²) in [6.07, 6.45) is 2.39. The highest BCUT2D eigenvalue weighted by molar-refractivity contribution is 9.10. The first-order chi connectivity index (χ1) is 6.86. The first kappa shape index (κ1) is 9.99. The maximum Gasteiger partial charge on any atom is 0.134 e. The summed E-state index contributed by atoms with van der Waals surface area (Å²) >= 11 is 3.46. The smallest absolute Gasteiger partial charge is 0.134 e. The van der Waals surface area contributed by atoms with Crippen molar-refractivity contribution in [1.29, 1.82) is 0 Å². The second kappa shape index (κ2) is 4.80. The topological polar surface area (TPSA) is 18.5 Å². The van der Waals surface area contributed by atoms with E-state index < -0.39 is 0 Å². The molecule has 1 aromatic rings. The molecule has 3 heteroatoms. The average Bonchev–Trinajstić information content (AvgIpc) is 2.23. The highest BCUT2D eigenvalue weighted by atomic mass is 79.9. The van der Waals surface area contributed by atoms with Gasteiger partial charge in [0.1, 0.15) is 11.9 Å². The van der Waals surface area contributed by atoms with Gasteiger partial charge in [-0.05, 0) is 40.9 Å². The van der Waals surface area contributed by atoms with Gasteiger partial charge in [0.15, 0.2) is 0 Å². The second-order valence-electron chi connectivity index (χ2n) is 3.39. The van der Waals surface area contributed by atoms with Crippen molar-refractivity contribution in [2.75, 3.05) is 13.2 Å². The molecule has 0 aliphatic carbocycles. The van der Waals surface area contributed by atoms with E-state index in [9.17, 15) is 0 Å². The minimum atomic E-state index is 0.211. The molecule has 1 aromatic carbocycles. The van der Waals surface area contributed by atoms with Crippen molar-refractivity contribution < 1.29 is 9.47 Å². The first-order valence-electron chi connectivity index (χ1n) is 4.85. The summed E-state index contributed by atoms with van der Waals surface area (Å²) in [6.45, 7) is 1.58. The van der Waals surface area contributed by atoms with Gasteiger partial charge >= 0.3 is 0 Å². The number of para-hydroxylation sites is 1. The van der Waals surface area contributed by atoms with Crippen LogP contribution in [-0.4, -0.2) is 19.3 Å². The van der Waals surface area contributed by atoms with E-state index in [0.29, 0.717) is 6.61 Å². The van der Waals surface area contributed by atoms with E-state index >= 15 is 0 Å². The first-order valence-corrected chi connectivity index (χ1v) is 5.64. The summed E-state index contributed by atoms with van der Waals surface area (Å²) in [6, 6.07) is 7.91. The van der Waals surface area contributed by atoms with Crippen LogP contribution in [0, 0.1) is 0 Å². The molecular weight excluding hydrogens is 244 g/mol. The predicted molar refractivity (Wildman–Crippen MR) is 58.6 cm³/mol. The minimum absolute atomic E-state index is 0.211. The fourth-order valence-electron chi connectivity index (χ4n) is 1.52. The Kier molecular flexibility index (Phi) is 3.43. The fourth-order valence-corrected chi connectivity index (χ4v) is 1.90. The van der Waals surface area contributed by atoms with E-state index in [2.05, 4.69) is 15.9 Å². The molecule has 1 heterocycles. The molecule has 0 bridgehead atoms. The van der Waals surface area contributed by atoms with Crippen molar-refractivity contribution in [3.8, 4) is 5.75 Å². The van der Waals surface area contributed by atoms with Crippen LogP contribution in [0.15, 0.2) is 28.7 Å². The maximum atomic E-state index is 5.81. The van der Waals surface area contributed by atoms with Gasteiger partial charge < -0.3 is 9.47 Å². The van der Waals surface area contributed by atoms with Gasteiger partial charge in [0.25, 0.3) is 0 Å². The highest BCUT2D eigenvalue weighted by Gasteiger charge is 2.15. The van der Waals surface area contributed by atoms with Crippen LogP contribution in [0.4, 0.5) is 0 Å².